The molecule has 1 aliphatic rings. The summed E-state index contributed by atoms with van der Waals surface area (Å²) in [6.07, 6.45) is 0.247. The summed E-state index contributed by atoms with van der Waals surface area (Å²) in [5.74, 6) is 0.568. The van der Waals surface area contributed by atoms with E-state index in [0.29, 0.717) is 27.5 Å². The Kier molecular flexibility index (Phi) is 5.22. The van der Waals surface area contributed by atoms with Gasteiger partial charge in [0.2, 0.25) is 16.1 Å². The van der Waals surface area contributed by atoms with Crippen LogP contribution in [0.4, 0.5) is 0 Å². The fourth-order valence-corrected chi connectivity index (χ4v) is 4.87. The smallest absolute Gasteiger partial charge is 0.293 e. The molecule has 4 rings (SSSR count). The Hall–Kier alpha value is -2.95. The lowest BCUT2D eigenvalue weighted by atomic mass is 10.1. The number of carbonyl (C=O) groups excluding carboxylic acids is 1. The van der Waals surface area contributed by atoms with E-state index in [9.17, 15) is 13.2 Å². The summed E-state index contributed by atoms with van der Waals surface area (Å²) in [6.45, 7) is 5.88. The second kappa shape index (κ2) is 7.71. The number of nitrogens with zero attached hydrogens (tertiary/aromatic N) is 2. The molecule has 2 atom stereocenters. The number of rotatable bonds is 4. The highest BCUT2D eigenvalue weighted by Gasteiger charge is 2.34. The van der Waals surface area contributed by atoms with Gasteiger partial charge >= 0.3 is 0 Å². The molecule has 1 aliphatic heterocycles. The van der Waals surface area contributed by atoms with Crippen molar-refractivity contribution in [3.63, 3.8) is 0 Å². The number of nitrogens with two attached hydrogens (primary N) is 1. The Balaban J connectivity index is 1.77. The first kappa shape index (κ1) is 20.3. The third-order valence-electron chi connectivity index (χ3n) is 4.59. The fourth-order valence-electron chi connectivity index (χ4n) is 3.17. The summed E-state index contributed by atoms with van der Waals surface area (Å²) in [5, 5.41) is 5.23. The van der Waals surface area contributed by atoms with Gasteiger partial charge in [0, 0.05) is 6.54 Å². The minimum absolute atomic E-state index is 0.00544. The van der Waals surface area contributed by atoms with Crippen molar-refractivity contribution in [2.45, 2.75) is 30.6 Å². The molecule has 2 unspecified atom stereocenters. The van der Waals surface area contributed by atoms with Gasteiger partial charge in [-0.25, -0.2) is 13.6 Å². The number of hydrogen-bond acceptors (Lipinski definition) is 6. The Labute approximate surface area is 176 Å². The zero-order valence-corrected chi connectivity index (χ0v) is 17.7. The molecule has 0 spiro atoms. The van der Waals surface area contributed by atoms with Crippen molar-refractivity contribution in [2.75, 3.05) is 0 Å². The molecule has 8 nitrogen and oxygen atoms in total. The van der Waals surface area contributed by atoms with Crippen LogP contribution < -0.4 is 19.4 Å². The molecule has 1 aromatic heterocycles. The molecule has 10 heteroatoms. The molecule has 3 aromatic rings. The van der Waals surface area contributed by atoms with Gasteiger partial charge in [0.25, 0.3) is 5.91 Å². The maximum absolute atomic E-state index is 12.9. The molecule has 0 radical (unpaired) electrons. The van der Waals surface area contributed by atoms with E-state index in [4.69, 9.17) is 14.6 Å². The van der Waals surface area contributed by atoms with Crippen molar-refractivity contribution < 1.29 is 22.7 Å². The van der Waals surface area contributed by atoms with Crippen molar-refractivity contribution in [3.8, 4) is 11.5 Å². The lowest BCUT2D eigenvalue weighted by Crippen LogP contribution is -2.43. The Bertz CT molecular complexity index is 1320. The van der Waals surface area contributed by atoms with Crippen LogP contribution in [0.25, 0.3) is 10.2 Å². The van der Waals surface area contributed by atoms with Crippen LogP contribution in [0.2, 0.25) is 0 Å². The van der Waals surface area contributed by atoms with Gasteiger partial charge in [-0.3, -0.25) is 4.79 Å². The summed E-state index contributed by atoms with van der Waals surface area (Å²) >= 11 is 1.18. The van der Waals surface area contributed by atoms with E-state index < -0.39 is 28.1 Å². The molecular weight excluding hydrogens is 426 g/mol. The quantitative estimate of drug-likeness (QED) is 0.619. The first-order valence-corrected chi connectivity index (χ1v) is 11.4. The van der Waals surface area contributed by atoms with E-state index in [1.807, 2.05) is 6.07 Å². The minimum atomic E-state index is -3.84. The van der Waals surface area contributed by atoms with Gasteiger partial charge < -0.3 is 14.0 Å². The van der Waals surface area contributed by atoms with Crippen molar-refractivity contribution in [1.29, 1.82) is 0 Å². The first-order valence-electron chi connectivity index (χ1n) is 9.06. The topological polar surface area (TPSA) is 113 Å². The number of benzene rings is 2. The van der Waals surface area contributed by atoms with Gasteiger partial charge in [-0.2, -0.15) is 4.99 Å². The number of fused-ring (bicyclic) bond motifs is 2. The number of primary sulfonamides is 1. The maximum atomic E-state index is 12.9. The molecule has 0 fully saturated rings. The van der Waals surface area contributed by atoms with Gasteiger partial charge in [0.1, 0.15) is 6.10 Å². The van der Waals surface area contributed by atoms with E-state index in [1.54, 1.807) is 41.8 Å². The summed E-state index contributed by atoms with van der Waals surface area (Å²) in [7, 11) is -3.84. The molecule has 0 bridgehead atoms. The van der Waals surface area contributed by atoms with Crippen molar-refractivity contribution in [3.05, 3.63) is 59.9 Å². The van der Waals surface area contributed by atoms with Crippen LogP contribution in [0, 0.1) is 0 Å². The highest BCUT2D eigenvalue weighted by atomic mass is 32.2. The van der Waals surface area contributed by atoms with Crippen molar-refractivity contribution in [1.82, 2.24) is 4.57 Å². The van der Waals surface area contributed by atoms with Crippen LogP contribution >= 0.6 is 11.3 Å². The van der Waals surface area contributed by atoms with Gasteiger partial charge in [-0.1, -0.05) is 29.5 Å². The summed E-state index contributed by atoms with van der Waals surface area (Å²) in [4.78, 5) is 17.6. The number of para-hydroxylation sites is 2. The summed E-state index contributed by atoms with van der Waals surface area (Å²) in [6, 6.07) is 11.7. The Morgan fingerprint density at radius 3 is 2.63 bits per heavy atom. The second-order valence-corrected chi connectivity index (χ2v) is 9.29. The number of aromatic nitrogens is 1. The van der Waals surface area contributed by atoms with Crippen LogP contribution in [0.15, 0.2) is 65.0 Å². The molecule has 0 saturated heterocycles. The Morgan fingerprint density at radius 1 is 1.27 bits per heavy atom. The molecule has 1 amide bonds. The summed E-state index contributed by atoms with van der Waals surface area (Å²) < 4.78 is 37.4. The molecule has 0 saturated carbocycles. The monoisotopic (exact) mass is 445 g/mol. The average molecular weight is 446 g/mol. The summed E-state index contributed by atoms with van der Waals surface area (Å²) in [5.41, 5.74) is 0.720. The lowest BCUT2D eigenvalue weighted by Gasteiger charge is -2.29. The third-order valence-corrected chi connectivity index (χ3v) is 6.54. The van der Waals surface area contributed by atoms with Crippen molar-refractivity contribution >= 4 is 37.5 Å². The van der Waals surface area contributed by atoms with Gasteiger partial charge in [-0.05, 0) is 37.3 Å². The van der Waals surface area contributed by atoms with E-state index in [-0.39, 0.29) is 4.90 Å². The minimum Gasteiger partial charge on any atom is -0.482 e. The SMILES string of the molecule is C=CCn1c(=NC(=O)C2Oc3ccccc3OC2C)sc2cc(S(N)(=O)=O)ccc21. The molecule has 2 heterocycles. The van der Waals surface area contributed by atoms with Crippen LogP contribution in [0.1, 0.15) is 6.92 Å². The normalized spacial score (nSPS) is 19.1. The zero-order valence-electron chi connectivity index (χ0n) is 16.0. The molecule has 30 heavy (non-hydrogen) atoms. The molecule has 156 valence electrons. The first-order chi connectivity index (χ1) is 14.3. The van der Waals surface area contributed by atoms with Gasteiger partial charge in [-0.15, -0.1) is 6.58 Å². The van der Waals surface area contributed by atoms with Crippen LogP contribution in [0.5, 0.6) is 11.5 Å². The molecule has 2 aromatic carbocycles. The standard InChI is InChI=1S/C20H19N3O5S2/c1-3-10-23-14-9-8-13(30(21,25)26)11-17(14)29-20(23)22-19(24)18-12(2)27-15-6-4-5-7-16(15)28-18/h3-9,11-12,18H,1,10H2,2H3,(H2,21,25,26). The van der Waals surface area contributed by atoms with Gasteiger partial charge in [0.15, 0.2) is 16.3 Å². The predicted molar refractivity (Wildman–Crippen MR) is 113 cm³/mol. The largest absolute Gasteiger partial charge is 0.482 e. The van der Waals surface area contributed by atoms with E-state index in [0.717, 1.165) is 5.52 Å². The fraction of sp³-hybridized carbons (Fsp3) is 0.200. The highest BCUT2D eigenvalue weighted by Crippen LogP contribution is 2.33. The highest BCUT2D eigenvalue weighted by molar-refractivity contribution is 7.89. The van der Waals surface area contributed by atoms with E-state index >= 15 is 0 Å². The molecule has 0 aliphatic carbocycles. The van der Waals surface area contributed by atoms with Crippen molar-refractivity contribution in [2.24, 2.45) is 10.1 Å². The number of carbonyl (C=O) groups is 1. The number of hydrogen-bond donors (Lipinski definition) is 1. The number of amides is 1. The zero-order chi connectivity index (χ0) is 21.5. The number of ether oxygens (including phenoxy) is 2. The van der Waals surface area contributed by atoms with Gasteiger partial charge in [0.05, 0.1) is 15.1 Å². The number of thiazole rings is 1. The number of allylic oxidation sites excluding steroid dienone is 1. The maximum Gasteiger partial charge on any atom is 0.293 e. The second-order valence-electron chi connectivity index (χ2n) is 6.72. The Morgan fingerprint density at radius 2 is 1.97 bits per heavy atom. The lowest BCUT2D eigenvalue weighted by molar-refractivity contribution is -0.130. The van der Waals surface area contributed by atoms with Crippen LogP contribution in [-0.2, 0) is 21.4 Å². The molecular formula is C20H19N3O5S2. The van der Waals surface area contributed by atoms with Crippen LogP contribution in [-0.4, -0.2) is 31.1 Å². The van der Waals surface area contributed by atoms with Crippen LogP contribution in [0.3, 0.4) is 0 Å². The molecule has 2 N–H and O–H groups in total. The van der Waals surface area contributed by atoms with E-state index in [1.165, 1.54) is 23.5 Å². The average Bonchev–Trinajstić information content (AvgIpc) is 3.03. The third kappa shape index (κ3) is 3.76. The number of sulfonamides is 1. The predicted octanol–water partition coefficient (Wildman–Crippen LogP) is 2.19. The van der Waals surface area contributed by atoms with E-state index in [2.05, 4.69) is 11.6 Å².